The molecule has 1 N–H and O–H groups in total. The molecule has 1 atom stereocenters. The Labute approximate surface area is 157 Å². The molecular weight excluding hydrogens is 368 g/mol. The molecule has 0 aliphatic carbocycles. The van der Waals surface area contributed by atoms with Crippen molar-refractivity contribution in [2.45, 2.75) is 23.8 Å². The number of carboxylic acids is 1. The van der Waals surface area contributed by atoms with Gasteiger partial charge in [0, 0.05) is 19.2 Å². The minimum Gasteiger partial charge on any atom is -0.480 e. The number of amides is 1. The van der Waals surface area contributed by atoms with Crippen LogP contribution in [-0.2, 0) is 14.8 Å². The number of nitrogens with zero attached hydrogens (tertiary/aromatic N) is 2. The predicted octanol–water partition coefficient (Wildman–Crippen LogP) is 2.20. The van der Waals surface area contributed by atoms with Gasteiger partial charge in [0.25, 0.3) is 15.9 Å². The number of sulfonamides is 1. The van der Waals surface area contributed by atoms with Crippen LogP contribution in [0.4, 0.5) is 5.69 Å². The van der Waals surface area contributed by atoms with Gasteiger partial charge < -0.3 is 10.0 Å². The van der Waals surface area contributed by atoms with Gasteiger partial charge >= 0.3 is 5.97 Å². The maximum absolute atomic E-state index is 12.9. The number of rotatable bonds is 5. The molecule has 27 heavy (non-hydrogen) atoms. The van der Waals surface area contributed by atoms with Gasteiger partial charge in [-0.05, 0) is 43.2 Å². The Balaban J connectivity index is 1.91. The summed E-state index contributed by atoms with van der Waals surface area (Å²) in [5, 5.41) is 9.27. The third-order valence-corrected chi connectivity index (χ3v) is 6.44. The topological polar surface area (TPSA) is 95.0 Å². The van der Waals surface area contributed by atoms with Gasteiger partial charge in [-0.15, -0.1) is 0 Å². The summed E-state index contributed by atoms with van der Waals surface area (Å²) in [7, 11) is -2.41. The molecule has 1 amide bonds. The van der Waals surface area contributed by atoms with Gasteiger partial charge in [0.05, 0.1) is 10.6 Å². The van der Waals surface area contributed by atoms with Gasteiger partial charge in [-0.3, -0.25) is 9.10 Å². The van der Waals surface area contributed by atoms with Crippen LogP contribution in [0.25, 0.3) is 0 Å². The summed E-state index contributed by atoms with van der Waals surface area (Å²) in [6.45, 7) is 0.344. The molecule has 1 saturated heterocycles. The van der Waals surface area contributed by atoms with E-state index in [1.165, 1.54) is 36.2 Å². The molecule has 2 aromatic rings. The minimum atomic E-state index is -3.86. The van der Waals surface area contributed by atoms with Crippen LogP contribution in [0.15, 0.2) is 59.5 Å². The minimum absolute atomic E-state index is 0.0224. The number of aliphatic carboxylic acids is 1. The first-order valence-electron chi connectivity index (χ1n) is 8.50. The van der Waals surface area contributed by atoms with Crippen molar-refractivity contribution in [3.63, 3.8) is 0 Å². The van der Waals surface area contributed by atoms with E-state index >= 15 is 0 Å². The molecule has 1 heterocycles. The van der Waals surface area contributed by atoms with E-state index in [0.717, 1.165) is 4.31 Å². The number of likely N-dealkylation sites (tertiary alicyclic amines) is 1. The summed E-state index contributed by atoms with van der Waals surface area (Å²) >= 11 is 0. The highest BCUT2D eigenvalue weighted by Crippen LogP contribution is 2.24. The van der Waals surface area contributed by atoms with Gasteiger partial charge in [0.15, 0.2) is 0 Å². The zero-order valence-electron chi connectivity index (χ0n) is 14.8. The van der Waals surface area contributed by atoms with Crippen molar-refractivity contribution < 1.29 is 23.1 Å². The fraction of sp³-hybridized carbons (Fsp3) is 0.263. The summed E-state index contributed by atoms with van der Waals surface area (Å²) < 4.78 is 27.0. The molecule has 0 saturated carbocycles. The van der Waals surface area contributed by atoms with Crippen molar-refractivity contribution >= 4 is 27.6 Å². The number of para-hydroxylation sites is 1. The Hall–Kier alpha value is -2.87. The van der Waals surface area contributed by atoms with Crippen LogP contribution in [0.3, 0.4) is 0 Å². The van der Waals surface area contributed by atoms with Gasteiger partial charge in [-0.25, -0.2) is 13.2 Å². The second-order valence-corrected chi connectivity index (χ2v) is 8.30. The SMILES string of the molecule is CN(c1ccccc1)S(=O)(=O)c1cccc(C(=O)N2CCC[C@@H]2C(=O)O)c1. The molecule has 0 aromatic heterocycles. The lowest BCUT2D eigenvalue weighted by atomic mass is 10.1. The second-order valence-electron chi connectivity index (χ2n) is 6.33. The van der Waals surface area contributed by atoms with Crippen LogP contribution in [0, 0.1) is 0 Å². The standard InChI is InChI=1S/C19H20N2O5S/c1-20(15-8-3-2-4-9-15)27(25,26)16-10-5-7-14(13-16)18(22)21-12-6-11-17(21)19(23)24/h2-5,7-10,13,17H,6,11-12H2,1H3,(H,23,24)/t17-/m1/s1. The second kappa shape index (κ2) is 7.40. The fourth-order valence-electron chi connectivity index (χ4n) is 3.16. The molecule has 1 aliphatic heterocycles. The molecule has 0 radical (unpaired) electrons. The lowest BCUT2D eigenvalue weighted by Gasteiger charge is -2.22. The summed E-state index contributed by atoms with van der Waals surface area (Å²) in [5.41, 5.74) is 0.658. The highest BCUT2D eigenvalue weighted by atomic mass is 32.2. The van der Waals surface area contributed by atoms with Gasteiger partial charge in [0.1, 0.15) is 6.04 Å². The zero-order chi connectivity index (χ0) is 19.6. The molecule has 3 rings (SSSR count). The molecule has 1 aliphatic rings. The summed E-state index contributed by atoms with van der Waals surface area (Å²) in [6.07, 6.45) is 1.01. The molecule has 0 unspecified atom stereocenters. The Kier molecular flexibility index (Phi) is 5.18. The molecule has 7 nitrogen and oxygen atoms in total. The van der Waals surface area contributed by atoms with E-state index < -0.39 is 27.9 Å². The predicted molar refractivity (Wildman–Crippen MR) is 100 cm³/mol. The van der Waals surface area contributed by atoms with E-state index in [2.05, 4.69) is 0 Å². The highest BCUT2D eigenvalue weighted by molar-refractivity contribution is 7.92. The third-order valence-electron chi connectivity index (χ3n) is 4.66. The summed E-state index contributed by atoms with van der Waals surface area (Å²) in [4.78, 5) is 25.3. The number of benzene rings is 2. The monoisotopic (exact) mass is 388 g/mol. The van der Waals surface area contributed by atoms with Crippen LogP contribution >= 0.6 is 0 Å². The molecule has 2 aromatic carbocycles. The fourth-order valence-corrected chi connectivity index (χ4v) is 4.40. The van der Waals surface area contributed by atoms with Crippen LogP contribution in [0.2, 0.25) is 0 Å². The van der Waals surface area contributed by atoms with Gasteiger partial charge in [-0.2, -0.15) is 0 Å². The zero-order valence-corrected chi connectivity index (χ0v) is 15.6. The number of carbonyl (C=O) groups excluding carboxylic acids is 1. The largest absolute Gasteiger partial charge is 0.480 e. The maximum Gasteiger partial charge on any atom is 0.326 e. The summed E-state index contributed by atoms with van der Waals surface area (Å²) in [6, 6.07) is 13.5. The van der Waals surface area contributed by atoms with E-state index in [4.69, 9.17) is 0 Å². The first-order valence-corrected chi connectivity index (χ1v) is 9.94. The van der Waals surface area contributed by atoms with Crippen LogP contribution < -0.4 is 4.31 Å². The molecule has 0 spiro atoms. The molecule has 0 bridgehead atoms. The smallest absolute Gasteiger partial charge is 0.326 e. The lowest BCUT2D eigenvalue weighted by molar-refractivity contribution is -0.141. The number of carboxylic acid groups (broad SMARTS) is 1. The average molecular weight is 388 g/mol. The number of anilines is 1. The number of hydrogen-bond donors (Lipinski definition) is 1. The normalized spacial score (nSPS) is 16.9. The van der Waals surface area contributed by atoms with Crippen molar-refractivity contribution in [1.82, 2.24) is 4.90 Å². The maximum atomic E-state index is 12.9. The first kappa shape index (κ1) is 18.9. The van der Waals surface area contributed by atoms with Gasteiger partial charge in [0.2, 0.25) is 0 Å². The Morgan fingerprint density at radius 1 is 1.11 bits per heavy atom. The van der Waals surface area contributed by atoms with Crippen molar-refractivity contribution in [3.8, 4) is 0 Å². The van der Waals surface area contributed by atoms with Crippen molar-refractivity contribution in [2.24, 2.45) is 0 Å². The Bertz CT molecular complexity index is 959. The molecule has 142 valence electrons. The van der Waals surface area contributed by atoms with Crippen LogP contribution in [0.5, 0.6) is 0 Å². The molecule has 1 fully saturated rings. The molecular formula is C19H20N2O5S. The van der Waals surface area contributed by atoms with E-state index in [1.807, 2.05) is 0 Å². The Morgan fingerprint density at radius 2 is 1.81 bits per heavy atom. The van der Waals surface area contributed by atoms with Crippen molar-refractivity contribution in [1.29, 1.82) is 0 Å². The first-order chi connectivity index (χ1) is 12.8. The van der Waals surface area contributed by atoms with E-state index in [-0.39, 0.29) is 10.5 Å². The number of carbonyl (C=O) groups is 2. The molecule has 8 heteroatoms. The Morgan fingerprint density at radius 3 is 2.48 bits per heavy atom. The van der Waals surface area contributed by atoms with E-state index in [9.17, 15) is 23.1 Å². The van der Waals surface area contributed by atoms with Crippen LogP contribution in [0.1, 0.15) is 23.2 Å². The average Bonchev–Trinajstić information content (AvgIpc) is 3.17. The van der Waals surface area contributed by atoms with Crippen molar-refractivity contribution in [2.75, 3.05) is 17.9 Å². The van der Waals surface area contributed by atoms with Gasteiger partial charge in [-0.1, -0.05) is 24.3 Å². The van der Waals surface area contributed by atoms with Crippen LogP contribution in [-0.4, -0.2) is 49.9 Å². The van der Waals surface area contributed by atoms with E-state index in [1.54, 1.807) is 30.3 Å². The van der Waals surface area contributed by atoms with E-state index in [0.29, 0.717) is 25.1 Å². The highest BCUT2D eigenvalue weighted by Gasteiger charge is 2.34. The lowest BCUT2D eigenvalue weighted by Crippen LogP contribution is -2.40. The summed E-state index contributed by atoms with van der Waals surface area (Å²) in [5.74, 6) is -1.52. The van der Waals surface area contributed by atoms with Crippen molar-refractivity contribution in [3.05, 3.63) is 60.2 Å². The quantitative estimate of drug-likeness (QED) is 0.847. The third kappa shape index (κ3) is 3.66. The number of hydrogen-bond acceptors (Lipinski definition) is 4.